The van der Waals surface area contributed by atoms with Crippen LogP contribution in [-0.2, 0) is 9.53 Å². The van der Waals surface area contributed by atoms with Gasteiger partial charge in [0.15, 0.2) is 0 Å². The summed E-state index contributed by atoms with van der Waals surface area (Å²) < 4.78 is 5.33. The molecule has 0 aromatic heterocycles. The smallest absolute Gasteiger partial charge is 0.244 e. The van der Waals surface area contributed by atoms with Crippen molar-refractivity contribution in [2.24, 2.45) is 5.73 Å². The number of ether oxygens (including phenoxy) is 1. The lowest BCUT2D eigenvalue weighted by molar-refractivity contribution is -0.132. The van der Waals surface area contributed by atoms with E-state index in [9.17, 15) is 4.79 Å². The van der Waals surface area contributed by atoms with E-state index >= 15 is 0 Å². The van der Waals surface area contributed by atoms with Gasteiger partial charge >= 0.3 is 0 Å². The predicted octanol–water partition coefficient (Wildman–Crippen LogP) is 2.17. The number of carbonyl (C=O) groups excluding carboxylic acids is 1. The fourth-order valence-electron chi connectivity index (χ4n) is 2.31. The molecular formula is C14H24N2O2. The van der Waals surface area contributed by atoms with E-state index in [2.05, 4.69) is 13.5 Å². The standard InChI is InChI=1S/C14H24N2O2/c1-5-7-11(15)14(17)16-10(3)9-13(18-4)12(16)8-6-2/h9,11-12H,3,5-8,15H2,1-2,4H3/t11-,12-/m0/s1. The molecule has 102 valence electrons. The first-order chi connectivity index (χ1) is 8.56. The molecule has 0 saturated carbocycles. The number of carbonyl (C=O) groups is 1. The molecule has 0 unspecified atom stereocenters. The fourth-order valence-corrected chi connectivity index (χ4v) is 2.31. The third-order valence-electron chi connectivity index (χ3n) is 3.21. The van der Waals surface area contributed by atoms with Gasteiger partial charge in [0.1, 0.15) is 5.76 Å². The summed E-state index contributed by atoms with van der Waals surface area (Å²) in [5.41, 5.74) is 6.60. The van der Waals surface area contributed by atoms with Crippen molar-refractivity contribution in [3.63, 3.8) is 0 Å². The average Bonchev–Trinajstić information content (AvgIpc) is 2.65. The topological polar surface area (TPSA) is 55.6 Å². The van der Waals surface area contributed by atoms with Crippen LogP contribution in [-0.4, -0.2) is 30.0 Å². The van der Waals surface area contributed by atoms with Gasteiger partial charge in [0.05, 0.1) is 19.2 Å². The van der Waals surface area contributed by atoms with Crippen molar-refractivity contribution in [3.8, 4) is 0 Å². The van der Waals surface area contributed by atoms with Gasteiger partial charge in [-0.15, -0.1) is 0 Å². The van der Waals surface area contributed by atoms with Crippen molar-refractivity contribution in [2.45, 2.75) is 51.6 Å². The van der Waals surface area contributed by atoms with E-state index in [1.807, 2.05) is 13.0 Å². The second kappa shape index (κ2) is 6.59. The van der Waals surface area contributed by atoms with Crippen LogP contribution >= 0.6 is 0 Å². The van der Waals surface area contributed by atoms with Gasteiger partial charge in [-0.05, 0) is 12.8 Å². The predicted molar refractivity (Wildman–Crippen MR) is 72.7 cm³/mol. The van der Waals surface area contributed by atoms with Crippen LogP contribution in [0, 0.1) is 0 Å². The summed E-state index contributed by atoms with van der Waals surface area (Å²) >= 11 is 0. The number of amides is 1. The second-order valence-corrected chi connectivity index (χ2v) is 4.65. The largest absolute Gasteiger partial charge is 0.499 e. The average molecular weight is 252 g/mol. The van der Waals surface area contributed by atoms with Crippen LogP contribution in [0.4, 0.5) is 0 Å². The van der Waals surface area contributed by atoms with E-state index in [4.69, 9.17) is 10.5 Å². The maximum absolute atomic E-state index is 12.3. The summed E-state index contributed by atoms with van der Waals surface area (Å²) in [5.74, 6) is 0.752. The van der Waals surface area contributed by atoms with Gasteiger partial charge in [0.25, 0.3) is 0 Å². The van der Waals surface area contributed by atoms with Gasteiger partial charge in [-0.25, -0.2) is 0 Å². The van der Waals surface area contributed by atoms with E-state index in [1.165, 1.54) is 0 Å². The molecule has 1 amide bonds. The van der Waals surface area contributed by atoms with Crippen LogP contribution in [0.1, 0.15) is 39.5 Å². The number of nitrogens with two attached hydrogens (primary N) is 1. The molecule has 0 spiro atoms. The summed E-state index contributed by atoms with van der Waals surface area (Å²) in [6, 6.07) is -0.487. The minimum absolute atomic E-state index is 0.0390. The van der Waals surface area contributed by atoms with Gasteiger partial charge in [0, 0.05) is 11.8 Å². The van der Waals surface area contributed by atoms with Crippen LogP contribution in [0.25, 0.3) is 0 Å². The maximum Gasteiger partial charge on any atom is 0.244 e. The molecule has 18 heavy (non-hydrogen) atoms. The monoisotopic (exact) mass is 252 g/mol. The number of methoxy groups -OCH3 is 1. The highest BCUT2D eigenvalue weighted by Gasteiger charge is 2.35. The molecule has 1 aliphatic heterocycles. The van der Waals surface area contributed by atoms with Gasteiger partial charge in [0.2, 0.25) is 5.91 Å². The minimum Gasteiger partial charge on any atom is -0.499 e. The Morgan fingerprint density at radius 1 is 1.56 bits per heavy atom. The summed E-state index contributed by atoms with van der Waals surface area (Å²) in [4.78, 5) is 14.0. The zero-order valence-electron chi connectivity index (χ0n) is 11.6. The summed E-state index contributed by atoms with van der Waals surface area (Å²) in [7, 11) is 1.63. The summed E-state index contributed by atoms with van der Waals surface area (Å²) in [5, 5.41) is 0. The molecule has 0 fully saturated rings. The lowest BCUT2D eigenvalue weighted by Crippen LogP contribution is -2.46. The first-order valence-corrected chi connectivity index (χ1v) is 6.59. The number of allylic oxidation sites excluding steroid dienone is 1. The molecule has 2 atom stereocenters. The van der Waals surface area contributed by atoms with Crippen molar-refractivity contribution >= 4 is 5.91 Å². The number of hydrogen-bond acceptors (Lipinski definition) is 3. The van der Waals surface area contributed by atoms with E-state index in [-0.39, 0.29) is 11.9 Å². The van der Waals surface area contributed by atoms with Crippen LogP contribution in [0.2, 0.25) is 0 Å². The Morgan fingerprint density at radius 2 is 2.22 bits per heavy atom. The summed E-state index contributed by atoms with van der Waals surface area (Å²) in [6.07, 6.45) is 5.27. The highest BCUT2D eigenvalue weighted by atomic mass is 16.5. The third kappa shape index (κ3) is 2.93. The molecule has 4 nitrogen and oxygen atoms in total. The van der Waals surface area contributed by atoms with Gasteiger partial charge in [-0.2, -0.15) is 0 Å². The first-order valence-electron chi connectivity index (χ1n) is 6.59. The quantitative estimate of drug-likeness (QED) is 0.788. The molecule has 4 heteroatoms. The van der Waals surface area contributed by atoms with Crippen LogP contribution in [0.15, 0.2) is 24.1 Å². The van der Waals surface area contributed by atoms with Crippen molar-refractivity contribution in [1.82, 2.24) is 4.90 Å². The minimum atomic E-state index is -0.448. The Kier molecular flexibility index (Phi) is 5.41. The zero-order valence-corrected chi connectivity index (χ0v) is 11.6. The molecule has 0 radical (unpaired) electrons. The van der Waals surface area contributed by atoms with Crippen LogP contribution in [0.5, 0.6) is 0 Å². The molecule has 0 aromatic rings. The van der Waals surface area contributed by atoms with E-state index in [0.29, 0.717) is 12.1 Å². The lowest BCUT2D eigenvalue weighted by atomic mass is 10.1. The number of nitrogens with zero attached hydrogens (tertiary/aromatic N) is 1. The van der Waals surface area contributed by atoms with Gasteiger partial charge < -0.3 is 15.4 Å². The van der Waals surface area contributed by atoms with E-state index < -0.39 is 6.04 Å². The van der Waals surface area contributed by atoms with Gasteiger partial charge in [-0.3, -0.25) is 4.79 Å². The van der Waals surface area contributed by atoms with Crippen LogP contribution < -0.4 is 5.73 Å². The Morgan fingerprint density at radius 3 is 2.72 bits per heavy atom. The number of hydrogen-bond donors (Lipinski definition) is 1. The Labute approximate surface area is 109 Å². The summed E-state index contributed by atoms with van der Waals surface area (Å²) in [6.45, 7) is 8.03. The van der Waals surface area contributed by atoms with E-state index in [1.54, 1.807) is 12.0 Å². The maximum atomic E-state index is 12.3. The van der Waals surface area contributed by atoms with Gasteiger partial charge in [-0.1, -0.05) is 33.3 Å². The Bertz CT molecular complexity index is 350. The molecule has 2 N–H and O–H groups in total. The second-order valence-electron chi connectivity index (χ2n) is 4.65. The lowest BCUT2D eigenvalue weighted by Gasteiger charge is -2.29. The van der Waals surface area contributed by atoms with E-state index in [0.717, 1.165) is 25.0 Å². The van der Waals surface area contributed by atoms with Crippen molar-refractivity contribution < 1.29 is 9.53 Å². The highest BCUT2D eigenvalue weighted by molar-refractivity contribution is 5.85. The molecular weight excluding hydrogens is 228 g/mol. The molecule has 0 saturated heterocycles. The van der Waals surface area contributed by atoms with Crippen LogP contribution in [0.3, 0.4) is 0 Å². The Hall–Kier alpha value is -1.29. The zero-order chi connectivity index (χ0) is 13.7. The first kappa shape index (κ1) is 14.8. The molecule has 1 heterocycles. The highest BCUT2D eigenvalue weighted by Crippen LogP contribution is 2.30. The number of rotatable bonds is 6. The third-order valence-corrected chi connectivity index (χ3v) is 3.21. The van der Waals surface area contributed by atoms with Crippen molar-refractivity contribution in [2.75, 3.05) is 7.11 Å². The molecule has 1 rings (SSSR count). The molecule has 0 aromatic carbocycles. The molecule has 1 aliphatic rings. The Balaban J connectivity index is 2.86. The normalized spacial score (nSPS) is 20.9. The van der Waals surface area contributed by atoms with Crippen molar-refractivity contribution in [1.29, 1.82) is 0 Å². The fraction of sp³-hybridized carbons (Fsp3) is 0.643. The molecule has 0 bridgehead atoms. The molecule has 0 aliphatic carbocycles. The SMILES string of the molecule is C=C1C=C(OC)[C@H](CCC)N1C(=O)[C@@H](N)CCC. The van der Waals surface area contributed by atoms with Crippen molar-refractivity contribution in [3.05, 3.63) is 24.1 Å².